The first-order valence-corrected chi connectivity index (χ1v) is 7.56. The van der Waals surface area contributed by atoms with Gasteiger partial charge in [-0.1, -0.05) is 36.4 Å². The zero-order valence-corrected chi connectivity index (χ0v) is 11.8. The predicted octanol–water partition coefficient (Wildman–Crippen LogP) is 3.98. The summed E-state index contributed by atoms with van der Waals surface area (Å²) in [6, 6.07) is 17.0. The molecular weight excluding hydrogens is 266 g/mol. The maximum Gasteiger partial charge on any atom is 0.0725 e. The van der Waals surface area contributed by atoms with Crippen LogP contribution in [0.2, 0.25) is 0 Å². The van der Waals surface area contributed by atoms with Crippen molar-refractivity contribution < 1.29 is 4.74 Å². The first kappa shape index (κ1) is 12.1. The van der Waals surface area contributed by atoms with Gasteiger partial charge in [-0.05, 0) is 34.2 Å². The molecule has 0 amide bonds. The Hall–Kier alpha value is -1.68. The molecule has 0 fully saturated rings. The van der Waals surface area contributed by atoms with Gasteiger partial charge in [-0.3, -0.25) is 0 Å². The molecule has 2 N–H and O–H groups in total. The van der Waals surface area contributed by atoms with E-state index in [9.17, 15) is 0 Å². The fourth-order valence-electron chi connectivity index (χ4n) is 2.71. The normalized spacial score (nSPS) is 15.4. The first-order valence-electron chi connectivity index (χ1n) is 6.75. The lowest BCUT2D eigenvalue weighted by molar-refractivity contribution is 0.134. The summed E-state index contributed by atoms with van der Waals surface area (Å²) in [6.07, 6.45) is 0. The van der Waals surface area contributed by atoms with Gasteiger partial charge in [0.05, 0.1) is 19.3 Å². The minimum Gasteiger partial charge on any atom is -0.372 e. The summed E-state index contributed by atoms with van der Waals surface area (Å²) in [6.45, 7) is 1.44. The number of rotatable bonds is 2. The number of ether oxygens (including phenoxy) is 1. The number of thiophene rings is 1. The lowest BCUT2D eigenvalue weighted by Gasteiger charge is -2.11. The molecule has 0 spiro atoms. The highest BCUT2D eigenvalue weighted by Gasteiger charge is 2.16. The van der Waals surface area contributed by atoms with Crippen molar-refractivity contribution in [3.05, 3.63) is 70.1 Å². The van der Waals surface area contributed by atoms with Gasteiger partial charge in [0.1, 0.15) is 0 Å². The van der Waals surface area contributed by atoms with Crippen LogP contribution in [0.3, 0.4) is 0 Å². The Labute approximate surface area is 121 Å². The van der Waals surface area contributed by atoms with Crippen molar-refractivity contribution in [2.75, 3.05) is 0 Å². The molecule has 2 heterocycles. The van der Waals surface area contributed by atoms with Gasteiger partial charge >= 0.3 is 0 Å². The first-order chi connectivity index (χ1) is 9.81. The van der Waals surface area contributed by atoms with E-state index in [0.29, 0.717) is 6.61 Å². The molecule has 1 aromatic heterocycles. The topological polar surface area (TPSA) is 35.2 Å². The van der Waals surface area contributed by atoms with Gasteiger partial charge in [-0.25, -0.2) is 0 Å². The van der Waals surface area contributed by atoms with Crippen molar-refractivity contribution in [3.8, 4) is 0 Å². The minimum absolute atomic E-state index is 0.0571. The average Bonchev–Trinajstić information content (AvgIpc) is 3.11. The van der Waals surface area contributed by atoms with Crippen molar-refractivity contribution in [2.45, 2.75) is 19.3 Å². The molecule has 0 aliphatic carbocycles. The third kappa shape index (κ3) is 1.95. The molecule has 0 bridgehead atoms. The van der Waals surface area contributed by atoms with Crippen LogP contribution in [0.4, 0.5) is 0 Å². The van der Waals surface area contributed by atoms with Crippen LogP contribution in [-0.4, -0.2) is 0 Å². The Bertz CT molecular complexity index is 745. The monoisotopic (exact) mass is 281 g/mol. The standard InChI is InChI=1S/C17H15NOS/c18-17(12-5-6-13-9-19-10-14(13)7-12)16-8-11-3-1-2-4-15(11)20-16/h1-8,17H,9-10,18H2. The lowest BCUT2D eigenvalue weighted by Crippen LogP contribution is -2.10. The summed E-state index contributed by atoms with van der Waals surface area (Å²) in [5.41, 5.74) is 10.2. The van der Waals surface area contributed by atoms with E-state index in [1.807, 2.05) is 0 Å². The molecule has 1 aliphatic heterocycles. The van der Waals surface area contributed by atoms with Gasteiger partial charge < -0.3 is 10.5 Å². The minimum atomic E-state index is -0.0571. The van der Waals surface area contributed by atoms with Gasteiger partial charge in [0, 0.05) is 9.58 Å². The van der Waals surface area contributed by atoms with Crippen molar-refractivity contribution >= 4 is 21.4 Å². The van der Waals surface area contributed by atoms with Crippen LogP contribution in [0, 0.1) is 0 Å². The maximum absolute atomic E-state index is 6.44. The molecule has 3 aromatic rings. The average molecular weight is 281 g/mol. The van der Waals surface area contributed by atoms with Crippen LogP contribution < -0.4 is 5.73 Å². The molecule has 0 saturated carbocycles. The highest BCUT2D eigenvalue weighted by molar-refractivity contribution is 7.19. The molecule has 4 rings (SSSR count). The van der Waals surface area contributed by atoms with E-state index in [-0.39, 0.29) is 6.04 Å². The Morgan fingerprint density at radius 1 is 1.00 bits per heavy atom. The van der Waals surface area contributed by atoms with E-state index in [2.05, 4.69) is 48.5 Å². The predicted molar refractivity (Wildman–Crippen MR) is 82.8 cm³/mol. The molecule has 1 atom stereocenters. The fourth-order valence-corrected chi connectivity index (χ4v) is 3.80. The van der Waals surface area contributed by atoms with Crippen molar-refractivity contribution in [2.24, 2.45) is 5.73 Å². The van der Waals surface area contributed by atoms with E-state index < -0.39 is 0 Å². The van der Waals surface area contributed by atoms with Crippen LogP contribution in [0.25, 0.3) is 10.1 Å². The van der Waals surface area contributed by atoms with Crippen LogP contribution in [0.15, 0.2) is 48.5 Å². The van der Waals surface area contributed by atoms with Crippen LogP contribution in [0.1, 0.15) is 27.6 Å². The van der Waals surface area contributed by atoms with E-state index in [4.69, 9.17) is 10.5 Å². The van der Waals surface area contributed by atoms with Crippen LogP contribution >= 0.6 is 11.3 Å². The number of fused-ring (bicyclic) bond motifs is 2. The summed E-state index contributed by atoms with van der Waals surface area (Å²) < 4.78 is 6.76. The van der Waals surface area contributed by atoms with E-state index in [1.54, 1.807) is 11.3 Å². The number of benzene rings is 2. The van der Waals surface area contributed by atoms with E-state index in [1.165, 1.54) is 31.7 Å². The molecular formula is C17H15NOS. The SMILES string of the molecule is NC(c1ccc2c(c1)COC2)c1cc2ccccc2s1. The Balaban J connectivity index is 1.74. The molecule has 20 heavy (non-hydrogen) atoms. The molecule has 2 nitrogen and oxygen atoms in total. The smallest absolute Gasteiger partial charge is 0.0725 e. The van der Waals surface area contributed by atoms with Gasteiger partial charge in [0.25, 0.3) is 0 Å². The number of hydrogen-bond acceptors (Lipinski definition) is 3. The molecule has 0 radical (unpaired) electrons. The summed E-state index contributed by atoms with van der Waals surface area (Å²) in [7, 11) is 0. The van der Waals surface area contributed by atoms with Crippen molar-refractivity contribution in [3.63, 3.8) is 0 Å². The highest BCUT2D eigenvalue weighted by Crippen LogP contribution is 2.33. The molecule has 3 heteroatoms. The van der Waals surface area contributed by atoms with Crippen molar-refractivity contribution in [1.82, 2.24) is 0 Å². The van der Waals surface area contributed by atoms with E-state index >= 15 is 0 Å². The van der Waals surface area contributed by atoms with Gasteiger partial charge in [0.2, 0.25) is 0 Å². The summed E-state index contributed by atoms with van der Waals surface area (Å²) in [4.78, 5) is 1.21. The largest absolute Gasteiger partial charge is 0.372 e. The Morgan fingerprint density at radius 2 is 1.85 bits per heavy atom. The van der Waals surface area contributed by atoms with Crippen LogP contribution in [0.5, 0.6) is 0 Å². The van der Waals surface area contributed by atoms with Crippen molar-refractivity contribution in [1.29, 1.82) is 0 Å². The molecule has 1 aliphatic rings. The second-order valence-corrected chi connectivity index (χ2v) is 6.30. The van der Waals surface area contributed by atoms with E-state index in [0.717, 1.165) is 6.61 Å². The van der Waals surface area contributed by atoms with Gasteiger partial charge in [-0.15, -0.1) is 11.3 Å². The third-order valence-corrected chi connectivity index (χ3v) is 5.05. The molecule has 2 aromatic carbocycles. The second-order valence-electron chi connectivity index (χ2n) is 5.19. The zero-order valence-electron chi connectivity index (χ0n) is 11.0. The van der Waals surface area contributed by atoms with Crippen LogP contribution in [-0.2, 0) is 18.0 Å². The molecule has 1 unspecified atom stereocenters. The third-order valence-electron chi connectivity index (χ3n) is 3.86. The second kappa shape index (κ2) is 4.70. The number of nitrogens with two attached hydrogens (primary N) is 1. The highest BCUT2D eigenvalue weighted by atomic mass is 32.1. The Kier molecular flexibility index (Phi) is 2.84. The maximum atomic E-state index is 6.44. The summed E-state index contributed by atoms with van der Waals surface area (Å²) >= 11 is 1.78. The summed E-state index contributed by atoms with van der Waals surface area (Å²) in [5, 5.41) is 1.27. The number of hydrogen-bond donors (Lipinski definition) is 1. The molecule has 100 valence electrons. The Morgan fingerprint density at radius 3 is 2.75 bits per heavy atom. The lowest BCUT2D eigenvalue weighted by atomic mass is 10.0. The van der Waals surface area contributed by atoms with Gasteiger partial charge in [0.15, 0.2) is 0 Å². The zero-order chi connectivity index (χ0) is 13.5. The quantitative estimate of drug-likeness (QED) is 0.771. The fraction of sp³-hybridized carbons (Fsp3) is 0.176. The molecule has 0 saturated heterocycles. The summed E-state index contributed by atoms with van der Waals surface area (Å²) in [5.74, 6) is 0. The van der Waals surface area contributed by atoms with Gasteiger partial charge in [-0.2, -0.15) is 0 Å².